The summed E-state index contributed by atoms with van der Waals surface area (Å²) in [6.07, 6.45) is -0.101. The minimum atomic E-state index is -1.12. The summed E-state index contributed by atoms with van der Waals surface area (Å²) in [5, 5.41) is 9.08. The second-order valence-electron chi connectivity index (χ2n) is 4.98. The highest BCUT2D eigenvalue weighted by Gasteiger charge is 2.31. The Bertz CT molecular complexity index is 537. The maximum atomic E-state index is 12.3. The number of halogens is 1. The summed E-state index contributed by atoms with van der Waals surface area (Å²) in [6.45, 7) is 3.03. The Morgan fingerprint density at radius 1 is 1.20 bits per heavy atom. The van der Waals surface area contributed by atoms with Crippen LogP contribution in [0.15, 0.2) is 16.6 Å². The standard InChI is InChI=1S/C14H17BrO5/c1-14(2,13(17)18)7-10(16)8-5-11(19-3)12(20-4)6-9(8)15/h5-6H,7H2,1-4H3,(H,17,18). The average Bonchev–Trinajstić information content (AvgIpc) is 2.37. The van der Waals surface area contributed by atoms with Crippen molar-refractivity contribution < 1.29 is 24.2 Å². The van der Waals surface area contributed by atoms with Crippen molar-refractivity contribution in [3.63, 3.8) is 0 Å². The van der Waals surface area contributed by atoms with E-state index in [1.165, 1.54) is 28.1 Å². The summed E-state index contributed by atoms with van der Waals surface area (Å²) in [4.78, 5) is 23.4. The molecule has 0 aliphatic heterocycles. The highest BCUT2D eigenvalue weighted by Crippen LogP contribution is 2.35. The van der Waals surface area contributed by atoms with E-state index in [1.54, 1.807) is 12.1 Å². The zero-order valence-corrected chi connectivity index (χ0v) is 13.4. The number of ketones is 1. The Morgan fingerprint density at radius 3 is 2.15 bits per heavy atom. The first kappa shape index (κ1) is 16.5. The Hall–Kier alpha value is -1.56. The van der Waals surface area contributed by atoms with E-state index < -0.39 is 11.4 Å². The molecule has 1 rings (SSSR count). The summed E-state index contributed by atoms with van der Waals surface area (Å²) in [7, 11) is 2.97. The Kier molecular flexibility index (Phi) is 5.16. The number of carboxylic acids is 1. The molecule has 0 unspecified atom stereocenters. The zero-order chi connectivity index (χ0) is 15.5. The van der Waals surface area contributed by atoms with Crippen LogP contribution in [0.5, 0.6) is 11.5 Å². The topological polar surface area (TPSA) is 72.8 Å². The molecule has 20 heavy (non-hydrogen) atoms. The number of rotatable bonds is 6. The average molecular weight is 345 g/mol. The van der Waals surface area contributed by atoms with Gasteiger partial charge < -0.3 is 14.6 Å². The molecule has 1 aromatic rings. The number of carbonyl (C=O) groups excluding carboxylic acids is 1. The van der Waals surface area contributed by atoms with Crippen LogP contribution in [0.2, 0.25) is 0 Å². The fraction of sp³-hybridized carbons (Fsp3) is 0.429. The fourth-order valence-electron chi connectivity index (χ4n) is 1.64. The molecule has 0 heterocycles. The molecular weight excluding hydrogens is 328 g/mol. The van der Waals surface area contributed by atoms with Gasteiger partial charge in [-0.2, -0.15) is 0 Å². The zero-order valence-electron chi connectivity index (χ0n) is 11.8. The van der Waals surface area contributed by atoms with E-state index in [2.05, 4.69) is 15.9 Å². The van der Waals surface area contributed by atoms with Gasteiger partial charge in [0.15, 0.2) is 17.3 Å². The van der Waals surface area contributed by atoms with Crippen molar-refractivity contribution >= 4 is 27.7 Å². The molecular formula is C14H17BrO5. The van der Waals surface area contributed by atoms with Crippen LogP contribution in [0.25, 0.3) is 0 Å². The number of hydrogen-bond acceptors (Lipinski definition) is 4. The molecule has 110 valence electrons. The van der Waals surface area contributed by atoms with E-state index in [4.69, 9.17) is 14.6 Å². The van der Waals surface area contributed by atoms with Crippen molar-refractivity contribution in [2.24, 2.45) is 5.41 Å². The third-order valence-electron chi connectivity index (χ3n) is 2.96. The van der Waals surface area contributed by atoms with Gasteiger partial charge in [-0.25, -0.2) is 0 Å². The molecule has 0 spiro atoms. The largest absolute Gasteiger partial charge is 0.493 e. The lowest BCUT2D eigenvalue weighted by Crippen LogP contribution is -2.27. The number of benzene rings is 1. The van der Waals surface area contributed by atoms with Crippen molar-refractivity contribution in [2.45, 2.75) is 20.3 Å². The highest BCUT2D eigenvalue weighted by atomic mass is 79.9. The molecule has 0 amide bonds. The molecule has 0 saturated heterocycles. The SMILES string of the molecule is COc1cc(Br)c(C(=O)CC(C)(C)C(=O)O)cc1OC. The van der Waals surface area contributed by atoms with Gasteiger partial charge in [0, 0.05) is 16.5 Å². The molecule has 0 atom stereocenters. The second-order valence-corrected chi connectivity index (χ2v) is 5.83. The van der Waals surface area contributed by atoms with E-state index in [0.717, 1.165) is 0 Å². The Labute approximate surface area is 126 Å². The molecule has 0 saturated carbocycles. The van der Waals surface area contributed by atoms with E-state index in [1.807, 2.05) is 0 Å². The van der Waals surface area contributed by atoms with Crippen molar-refractivity contribution in [2.75, 3.05) is 14.2 Å². The number of aliphatic carboxylic acids is 1. The van der Waals surface area contributed by atoms with E-state index in [0.29, 0.717) is 21.5 Å². The normalized spacial score (nSPS) is 11.1. The van der Waals surface area contributed by atoms with Gasteiger partial charge in [0.25, 0.3) is 0 Å². The number of carbonyl (C=O) groups is 2. The van der Waals surface area contributed by atoms with Crippen molar-refractivity contribution in [3.8, 4) is 11.5 Å². The van der Waals surface area contributed by atoms with E-state index in [9.17, 15) is 9.59 Å². The van der Waals surface area contributed by atoms with Crippen LogP contribution in [0.3, 0.4) is 0 Å². The summed E-state index contributed by atoms with van der Waals surface area (Å²) >= 11 is 3.29. The first-order chi connectivity index (χ1) is 9.22. The lowest BCUT2D eigenvalue weighted by atomic mass is 9.85. The number of carboxylic acid groups (broad SMARTS) is 1. The van der Waals surface area contributed by atoms with Crippen LogP contribution in [0, 0.1) is 5.41 Å². The first-order valence-electron chi connectivity index (χ1n) is 5.91. The molecule has 6 heteroatoms. The van der Waals surface area contributed by atoms with Crippen LogP contribution in [-0.4, -0.2) is 31.1 Å². The summed E-state index contributed by atoms with van der Waals surface area (Å²) in [5.41, 5.74) is -0.749. The quantitative estimate of drug-likeness (QED) is 0.802. The van der Waals surface area contributed by atoms with Crippen LogP contribution in [-0.2, 0) is 4.79 Å². The third-order valence-corrected chi connectivity index (χ3v) is 3.61. The predicted molar refractivity (Wildman–Crippen MR) is 77.6 cm³/mol. The first-order valence-corrected chi connectivity index (χ1v) is 6.70. The van der Waals surface area contributed by atoms with Crippen LogP contribution >= 0.6 is 15.9 Å². The van der Waals surface area contributed by atoms with Gasteiger partial charge in [-0.15, -0.1) is 0 Å². The molecule has 0 aromatic heterocycles. The molecule has 0 aliphatic rings. The predicted octanol–water partition coefficient (Wildman–Crippen LogP) is 3.15. The van der Waals surface area contributed by atoms with Gasteiger partial charge in [-0.3, -0.25) is 9.59 Å². The molecule has 0 aliphatic carbocycles. The number of Topliss-reactive ketones (excluding diaryl/α,β-unsaturated/α-hetero) is 1. The molecule has 0 radical (unpaired) electrons. The lowest BCUT2D eigenvalue weighted by Gasteiger charge is -2.19. The van der Waals surface area contributed by atoms with Crippen molar-refractivity contribution in [1.29, 1.82) is 0 Å². The maximum absolute atomic E-state index is 12.3. The van der Waals surface area contributed by atoms with Crippen molar-refractivity contribution in [3.05, 3.63) is 22.2 Å². The number of methoxy groups -OCH3 is 2. The Balaban J connectivity index is 3.14. The second kappa shape index (κ2) is 6.26. The van der Waals surface area contributed by atoms with Gasteiger partial charge in [-0.05, 0) is 41.9 Å². The van der Waals surface area contributed by atoms with Crippen LogP contribution < -0.4 is 9.47 Å². The minimum Gasteiger partial charge on any atom is -0.493 e. The van der Waals surface area contributed by atoms with Gasteiger partial charge in [0.2, 0.25) is 0 Å². The summed E-state index contributed by atoms with van der Waals surface area (Å²) < 4.78 is 10.8. The lowest BCUT2D eigenvalue weighted by molar-refractivity contribution is -0.146. The molecule has 0 bridgehead atoms. The fourth-order valence-corrected chi connectivity index (χ4v) is 2.18. The smallest absolute Gasteiger partial charge is 0.309 e. The van der Waals surface area contributed by atoms with Gasteiger partial charge >= 0.3 is 5.97 Å². The van der Waals surface area contributed by atoms with E-state index in [-0.39, 0.29) is 12.2 Å². The third kappa shape index (κ3) is 3.50. The molecule has 5 nitrogen and oxygen atoms in total. The minimum absolute atomic E-state index is 0.101. The van der Waals surface area contributed by atoms with Gasteiger partial charge in [0.1, 0.15) is 0 Å². The molecule has 1 aromatic carbocycles. The van der Waals surface area contributed by atoms with Gasteiger partial charge in [0.05, 0.1) is 19.6 Å². The molecule has 1 N–H and O–H groups in total. The Morgan fingerprint density at radius 2 is 1.70 bits per heavy atom. The maximum Gasteiger partial charge on any atom is 0.309 e. The van der Waals surface area contributed by atoms with Gasteiger partial charge in [-0.1, -0.05) is 0 Å². The highest BCUT2D eigenvalue weighted by molar-refractivity contribution is 9.10. The number of hydrogen-bond donors (Lipinski definition) is 1. The summed E-state index contributed by atoms with van der Waals surface area (Å²) in [5.74, 6) is -0.367. The van der Waals surface area contributed by atoms with E-state index >= 15 is 0 Å². The van der Waals surface area contributed by atoms with Crippen LogP contribution in [0.1, 0.15) is 30.6 Å². The van der Waals surface area contributed by atoms with Crippen molar-refractivity contribution in [1.82, 2.24) is 0 Å². The number of ether oxygens (including phenoxy) is 2. The summed E-state index contributed by atoms with van der Waals surface area (Å²) in [6, 6.07) is 3.17. The monoisotopic (exact) mass is 344 g/mol. The van der Waals surface area contributed by atoms with Crippen LogP contribution in [0.4, 0.5) is 0 Å². The molecule has 0 fully saturated rings.